The van der Waals surface area contributed by atoms with Gasteiger partial charge in [0.05, 0.1) is 28.0 Å². The molecule has 0 fully saturated rings. The van der Waals surface area contributed by atoms with E-state index in [1.165, 1.54) is 17.7 Å². The molecule has 0 aliphatic heterocycles. The maximum Gasteiger partial charge on any atom is 0.338 e. The van der Waals surface area contributed by atoms with E-state index in [2.05, 4.69) is 10.6 Å². The van der Waals surface area contributed by atoms with Crippen molar-refractivity contribution in [3.05, 3.63) is 95.7 Å². The van der Waals surface area contributed by atoms with Crippen molar-refractivity contribution in [1.29, 1.82) is 0 Å². The predicted molar refractivity (Wildman–Crippen MR) is 142 cm³/mol. The van der Waals surface area contributed by atoms with Crippen LogP contribution in [-0.4, -0.2) is 28.0 Å². The van der Waals surface area contributed by atoms with Crippen molar-refractivity contribution in [3.63, 3.8) is 0 Å². The van der Waals surface area contributed by atoms with Gasteiger partial charge in [0.2, 0.25) is 5.91 Å². The smallest absolute Gasteiger partial charge is 0.338 e. The molecule has 0 atom stereocenters. The standard InChI is InChI=1S/C29H29N3O4/c1-19(33)32-18-23(22-12-8-9-13-26(22)32)27(34)31-25-16-21(28(35)36-29(2,3)4)14-15-24(25)30-17-20-10-6-5-7-11-20/h5-16,18,30H,17H2,1-4H3,(H,31,34). The highest BCUT2D eigenvalue weighted by atomic mass is 16.6. The summed E-state index contributed by atoms with van der Waals surface area (Å²) >= 11 is 0. The Morgan fingerprint density at radius 2 is 1.58 bits per heavy atom. The summed E-state index contributed by atoms with van der Waals surface area (Å²) < 4.78 is 6.97. The maximum atomic E-state index is 13.4. The van der Waals surface area contributed by atoms with Crippen molar-refractivity contribution in [3.8, 4) is 0 Å². The van der Waals surface area contributed by atoms with Gasteiger partial charge in [0, 0.05) is 25.1 Å². The van der Waals surface area contributed by atoms with Crippen LogP contribution in [0.15, 0.2) is 79.0 Å². The molecule has 7 nitrogen and oxygen atoms in total. The lowest BCUT2D eigenvalue weighted by molar-refractivity contribution is 0.00693. The van der Waals surface area contributed by atoms with E-state index in [0.717, 1.165) is 5.56 Å². The second-order valence-corrected chi connectivity index (χ2v) is 9.50. The van der Waals surface area contributed by atoms with Crippen molar-refractivity contribution in [2.45, 2.75) is 39.8 Å². The van der Waals surface area contributed by atoms with Crippen molar-refractivity contribution in [2.75, 3.05) is 10.6 Å². The molecule has 184 valence electrons. The number of carbonyl (C=O) groups excluding carboxylic acids is 3. The van der Waals surface area contributed by atoms with Crippen LogP contribution in [0.2, 0.25) is 0 Å². The summed E-state index contributed by atoms with van der Waals surface area (Å²) in [5.74, 6) is -1.07. The van der Waals surface area contributed by atoms with Gasteiger partial charge in [-0.25, -0.2) is 4.79 Å². The Labute approximate surface area is 210 Å². The molecule has 0 bridgehead atoms. The van der Waals surface area contributed by atoms with Crippen molar-refractivity contribution in [1.82, 2.24) is 4.57 Å². The zero-order valence-electron chi connectivity index (χ0n) is 20.8. The van der Waals surface area contributed by atoms with E-state index in [4.69, 9.17) is 4.74 Å². The van der Waals surface area contributed by atoms with Gasteiger partial charge in [-0.1, -0.05) is 48.5 Å². The normalized spacial score (nSPS) is 11.2. The molecule has 0 saturated carbocycles. The number of nitrogens with one attached hydrogen (secondary N) is 2. The number of esters is 1. The summed E-state index contributed by atoms with van der Waals surface area (Å²) in [6, 6.07) is 22.1. The Bertz CT molecular complexity index is 1430. The number of fused-ring (bicyclic) bond motifs is 1. The number of aromatic nitrogens is 1. The molecule has 36 heavy (non-hydrogen) atoms. The summed E-state index contributed by atoms with van der Waals surface area (Å²) in [6.07, 6.45) is 1.54. The fraction of sp³-hybridized carbons (Fsp3) is 0.207. The van der Waals surface area contributed by atoms with Gasteiger partial charge in [-0.3, -0.25) is 14.2 Å². The van der Waals surface area contributed by atoms with Gasteiger partial charge in [-0.05, 0) is 50.6 Å². The largest absolute Gasteiger partial charge is 0.456 e. The van der Waals surface area contributed by atoms with Crippen molar-refractivity contribution < 1.29 is 19.1 Å². The highest BCUT2D eigenvalue weighted by Gasteiger charge is 2.21. The molecule has 1 amide bonds. The van der Waals surface area contributed by atoms with Crippen LogP contribution >= 0.6 is 0 Å². The first-order valence-electron chi connectivity index (χ1n) is 11.7. The van der Waals surface area contributed by atoms with Crippen LogP contribution in [0.5, 0.6) is 0 Å². The molecular weight excluding hydrogens is 454 g/mol. The highest BCUT2D eigenvalue weighted by molar-refractivity contribution is 6.15. The Kier molecular flexibility index (Phi) is 6.92. The number of ether oxygens (including phenoxy) is 1. The number of hydrogen-bond acceptors (Lipinski definition) is 5. The Balaban J connectivity index is 1.68. The van der Waals surface area contributed by atoms with Gasteiger partial charge in [0.25, 0.3) is 5.91 Å². The van der Waals surface area contributed by atoms with Gasteiger partial charge in [-0.15, -0.1) is 0 Å². The molecule has 0 radical (unpaired) electrons. The minimum atomic E-state index is -0.654. The maximum absolute atomic E-state index is 13.4. The molecule has 0 aliphatic carbocycles. The topological polar surface area (TPSA) is 89.4 Å². The molecule has 7 heteroatoms. The third-order valence-corrected chi connectivity index (χ3v) is 5.52. The Morgan fingerprint density at radius 3 is 2.28 bits per heavy atom. The monoisotopic (exact) mass is 483 g/mol. The van der Waals surface area contributed by atoms with Crippen molar-refractivity contribution in [2.24, 2.45) is 0 Å². The first-order valence-corrected chi connectivity index (χ1v) is 11.7. The first kappa shape index (κ1) is 24.7. The number of carbonyl (C=O) groups is 3. The number of amides is 1. The molecule has 0 spiro atoms. The molecule has 2 N–H and O–H groups in total. The fourth-order valence-corrected chi connectivity index (χ4v) is 3.87. The summed E-state index contributed by atoms with van der Waals surface area (Å²) in [4.78, 5) is 38.3. The molecule has 4 rings (SSSR count). The van der Waals surface area contributed by atoms with Gasteiger partial charge in [0.1, 0.15) is 5.60 Å². The quantitative estimate of drug-likeness (QED) is 0.323. The van der Waals surface area contributed by atoms with Gasteiger partial charge >= 0.3 is 5.97 Å². The van der Waals surface area contributed by atoms with Crippen LogP contribution in [-0.2, 0) is 11.3 Å². The van der Waals surface area contributed by atoms with E-state index in [0.29, 0.717) is 39.9 Å². The minimum Gasteiger partial charge on any atom is -0.456 e. The van der Waals surface area contributed by atoms with E-state index >= 15 is 0 Å². The number of rotatable bonds is 6. The van der Waals surface area contributed by atoms with Gasteiger partial charge < -0.3 is 15.4 Å². The van der Waals surface area contributed by atoms with Crippen LogP contribution < -0.4 is 10.6 Å². The molecule has 1 aromatic heterocycles. The van der Waals surface area contributed by atoms with E-state index in [9.17, 15) is 14.4 Å². The highest BCUT2D eigenvalue weighted by Crippen LogP contribution is 2.28. The number of benzene rings is 3. The molecule has 0 unspecified atom stereocenters. The second-order valence-electron chi connectivity index (χ2n) is 9.50. The van der Waals surface area contributed by atoms with Crippen molar-refractivity contribution >= 4 is 40.1 Å². The minimum absolute atomic E-state index is 0.192. The number of hydrogen-bond donors (Lipinski definition) is 2. The predicted octanol–water partition coefficient (Wildman–Crippen LogP) is 6.12. The number of anilines is 2. The lowest BCUT2D eigenvalue weighted by atomic mass is 10.1. The lowest BCUT2D eigenvalue weighted by Gasteiger charge is -2.20. The molecular formula is C29H29N3O4. The molecule has 3 aromatic carbocycles. The van der Waals surface area contributed by atoms with Crippen LogP contribution in [0.25, 0.3) is 10.9 Å². The molecule has 4 aromatic rings. The summed E-state index contributed by atoms with van der Waals surface area (Å²) in [6.45, 7) is 7.37. The number of para-hydroxylation sites is 1. The first-order chi connectivity index (χ1) is 17.1. The molecule has 0 aliphatic rings. The average Bonchev–Trinajstić information content (AvgIpc) is 3.23. The van der Waals surface area contributed by atoms with E-state index in [1.54, 1.807) is 51.1 Å². The summed E-state index contributed by atoms with van der Waals surface area (Å²) in [5, 5.41) is 6.93. The Hall–Kier alpha value is -4.39. The zero-order chi connectivity index (χ0) is 25.9. The van der Waals surface area contributed by atoms with E-state index in [1.807, 2.05) is 42.5 Å². The van der Waals surface area contributed by atoms with Crippen LogP contribution in [0.3, 0.4) is 0 Å². The van der Waals surface area contributed by atoms with E-state index in [-0.39, 0.29) is 5.91 Å². The van der Waals surface area contributed by atoms with Crippen LogP contribution in [0.4, 0.5) is 11.4 Å². The molecule has 1 heterocycles. The summed E-state index contributed by atoms with van der Waals surface area (Å²) in [5.41, 5.74) is 2.82. The average molecular weight is 484 g/mol. The van der Waals surface area contributed by atoms with Crippen LogP contribution in [0, 0.1) is 0 Å². The third kappa shape index (κ3) is 5.63. The lowest BCUT2D eigenvalue weighted by Crippen LogP contribution is -2.24. The van der Waals surface area contributed by atoms with Gasteiger partial charge in [0.15, 0.2) is 0 Å². The van der Waals surface area contributed by atoms with Crippen LogP contribution in [0.1, 0.15) is 58.8 Å². The fourth-order valence-electron chi connectivity index (χ4n) is 3.87. The second kappa shape index (κ2) is 10.1. The van der Waals surface area contributed by atoms with E-state index < -0.39 is 17.5 Å². The number of nitrogens with zero attached hydrogens (tertiary/aromatic N) is 1. The SMILES string of the molecule is CC(=O)n1cc(C(=O)Nc2cc(C(=O)OC(C)(C)C)ccc2NCc2ccccc2)c2ccccc21. The third-order valence-electron chi connectivity index (χ3n) is 5.52. The Morgan fingerprint density at radius 1 is 0.889 bits per heavy atom. The van der Waals surface area contributed by atoms with Gasteiger partial charge in [-0.2, -0.15) is 0 Å². The molecule has 0 saturated heterocycles. The zero-order valence-corrected chi connectivity index (χ0v) is 20.8. The summed E-state index contributed by atoms with van der Waals surface area (Å²) in [7, 11) is 0.